The van der Waals surface area contributed by atoms with E-state index in [1.165, 1.54) is 12.1 Å². The minimum Gasteiger partial charge on any atom is -0.303 e. The first-order chi connectivity index (χ1) is 6.22. The molecule has 0 unspecified atom stereocenters. The molecule has 1 aromatic carbocycles. The number of hydrogen-bond acceptors (Lipinski definition) is 3. The molecular weight excluding hydrogens is 170 g/mol. The van der Waals surface area contributed by atoms with Crippen LogP contribution < -0.4 is 0 Å². The largest absolute Gasteiger partial charge is 0.303 e. The molecule has 0 aliphatic carbocycles. The zero-order valence-electron chi connectivity index (χ0n) is 7.34. The van der Waals surface area contributed by atoms with Crippen molar-refractivity contribution in [1.29, 1.82) is 0 Å². The fourth-order valence-corrected chi connectivity index (χ4v) is 0.550. The molecule has 1 rings (SSSR count). The molecule has 13 heavy (non-hydrogen) atoms. The molecule has 0 bridgehead atoms. The number of carbonyl (C=O) groups excluding carboxylic acids is 1. The highest BCUT2D eigenvalue weighted by Crippen LogP contribution is 2.06. The summed E-state index contributed by atoms with van der Waals surface area (Å²) < 4.78 is 0. The third-order valence-corrected chi connectivity index (χ3v) is 1.13. The van der Waals surface area contributed by atoms with Gasteiger partial charge in [-0.3, -0.25) is 10.1 Å². The average Bonchev–Trinajstić information content (AvgIpc) is 2.19. The topological polar surface area (TPSA) is 60.2 Å². The molecule has 0 fully saturated rings. The Kier molecular flexibility index (Phi) is 6.05. The molecule has 0 radical (unpaired) electrons. The number of rotatable bonds is 2. The summed E-state index contributed by atoms with van der Waals surface area (Å²) in [4.78, 5) is 18.8. The number of aldehydes is 1. The van der Waals surface area contributed by atoms with E-state index in [4.69, 9.17) is 0 Å². The van der Waals surface area contributed by atoms with Gasteiger partial charge in [-0.2, -0.15) is 0 Å². The van der Waals surface area contributed by atoms with Gasteiger partial charge in [-0.05, 0) is 0 Å². The maximum absolute atomic E-state index is 10.0. The molecule has 0 saturated heterocycles. The maximum atomic E-state index is 10.0. The van der Waals surface area contributed by atoms with E-state index in [9.17, 15) is 14.9 Å². The molecule has 70 valence electrons. The quantitative estimate of drug-likeness (QED) is 0.399. The summed E-state index contributed by atoms with van der Waals surface area (Å²) in [5, 5.41) is 10.0. The summed E-state index contributed by atoms with van der Waals surface area (Å²) in [6, 6.07) is 7.93. The number of hydrogen-bond donors (Lipinski definition) is 0. The highest BCUT2D eigenvalue weighted by molar-refractivity contribution is 5.48. The number of benzene rings is 1. The summed E-state index contributed by atoms with van der Waals surface area (Å²) >= 11 is 0. The van der Waals surface area contributed by atoms with Gasteiger partial charge in [0.25, 0.3) is 5.69 Å². The first-order valence-corrected chi connectivity index (χ1v) is 3.85. The van der Waals surface area contributed by atoms with Crippen LogP contribution in [0.3, 0.4) is 0 Å². The van der Waals surface area contributed by atoms with Crippen molar-refractivity contribution in [1.82, 2.24) is 0 Å². The fraction of sp³-hybridized carbons (Fsp3) is 0.222. The van der Waals surface area contributed by atoms with Gasteiger partial charge >= 0.3 is 0 Å². The molecule has 0 spiro atoms. The van der Waals surface area contributed by atoms with Crippen LogP contribution in [0.2, 0.25) is 0 Å². The Bertz CT molecular complexity index is 259. The van der Waals surface area contributed by atoms with E-state index >= 15 is 0 Å². The molecule has 0 saturated carbocycles. The predicted molar refractivity (Wildman–Crippen MR) is 49.5 cm³/mol. The summed E-state index contributed by atoms with van der Waals surface area (Å²) in [5.74, 6) is 0. The van der Waals surface area contributed by atoms with Gasteiger partial charge in [0.15, 0.2) is 0 Å². The zero-order chi connectivity index (χ0) is 10.1. The van der Waals surface area contributed by atoms with E-state index in [-0.39, 0.29) is 5.69 Å². The third kappa shape index (κ3) is 5.55. The van der Waals surface area contributed by atoms with Crippen LogP contribution in [0.25, 0.3) is 0 Å². The second-order valence-electron chi connectivity index (χ2n) is 2.17. The van der Waals surface area contributed by atoms with Gasteiger partial charge in [0.05, 0.1) is 4.92 Å². The fourth-order valence-electron chi connectivity index (χ4n) is 0.550. The standard InChI is InChI=1S/C6H5NO2.C3H6O/c8-7(9)6-4-2-1-3-5-6;1-2-3-4/h1-5H;3H,2H2,1H3. The predicted octanol–water partition coefficient (Wildman–Crippen LogP) is 2.19. The molecule has 4 heteroatoms. The van der Waals surface area contributed by atoms with E-state index in [2.05, 4.69) is 0 Å². The number of nitro groups is 1. The summed E-state index contributed by atoms with van der Waals surface area (Å²) in [5.41, 5.74) is 0.137. The Labute approximate surface area is 76.3 Å². The SMILES string of the molecule is CCC=O.O=[N+]([O-])c1ccccc1. The first kappa shape index (κ1) is 11.3. The third-order valence-electron chi connectivity index (χ3n) is 1.13. The van der Waals surface area contributed by atoms with Gasteiger partial charge < -0.3 is 4.79 Å². The minimum absolute atomic E-state index is 0.137. The summed E-state index contributed by atoms with van der Waals surface area (Å²) in [6.07, 6.45) is 1.51. The Balaban J connectivity index is 0.000000310. The second-order valence-corrected chi connectivity index (χ2v) is 2.17. The van der Waals surface area contributed by atoms with E-state index in [1.807, 2.05) is 6.92 Å². The summed E-state index contributed by atoms with van der Waals surface area (Å²) in [6.45, 7) is 1.81. The van der Waals surface area contributed by atoms with Crippen LogP contribution in [0, 0.1) is 10.1 Å². The van der Waals surface area contributed by atoms with E-state index < -0.39 is 4.92 Å². The molecule has 1 aromatic rings. The van der Waals surface area contributed by atoms with Crippen molar-refractivity contribution in [3.63, 3.8) is 0 Å². The number of non-ortho nitro benzene ring substituents is 1. The summed E-state index contributed by atoms with van der Waals surface area (Å²) in [7, 11) is 0. The van der Waals surface area contributed by atoms with E-state index in [0.717, 1.165) is 6.29 Å². The van der Waals surface area contributed by atoms with Crippen molar-refractivity contribution in [3.8, 4) is 0 Å². The van der Waals surface area contributed by atoms with Crippen LogP contribution in [0.4, 0.5) is 5.69 Å². The zero-order valence-corrected chi connectivity index (χ0v) is 7.34. The van der Waals surface area contributed by atoms with Crippen LogP contribution in [0.15, 0.2) is 30.3 Å². The van der Waals surface area contributed by atoms with Crippen LogP contribution in [0.5, 0.6) is 0 Å². The van der Waals surface area contributed by atoms with Gasteiger partial charge in [-0.25, -0.2) is 0 Å². The lowest BCUT2D eigenvalue weighted by molar-refractivity contribution is -0.384. The molecule has 0 amide bonds. The van der Waals surface area contributed by atoms with Crippen molar-refractivity contribution in [2.24, 2.45) is 0 Å². The number of nitrogens with zero attached hydrogens (tertiary/aromatic N) is 1. The minimum atomic E-state index is -0.417. The lowest BCUT2D eigenvalue weighted by Crippen LogP contribution is -1.84. The van der Waals surface area contributed by atoms with Crippen molar-refractivity contribution in [3.05, 3.63) is 40.4 Å². The van der Waals surface area contributed by atoms with Crippen LogP contribution in [-0.4, -0.2) is 11.2 Å². The highest BCUT2D eigenvalue weighted by Gasteiger charge is 1.98. The second kappa shape index (κ2) is 6.97. The molecule has 0 heterocycles. The Hall–Kier alpha value is -1.71. The smallest absolute Gasteiger partial charge is 0.269 e. The monoisotopic (exact) mass is 181 g/mol. The van der Waals surface area contributed by atoms with Crippen molar-refractivity contribution >= 4 is 12.0 Å². The van der Waals surface area contributed by atoms with Gasteiger partial charge in [-0.1, -0.05) is 25.1 Å². The van der Waals surface area contributed by atoms with Crippen LogP contribution >= 0.6 is 0 Å². The Morgan fingerprint density at radius 3 is 2.08 bits per heavy atom. The van der Waals surface area contributed by atoms with Crippen molar-refractivity contribution < 1.29 is 9.72 Å². The number of carbonyl (C=O) groups is 1. The number of nitro benzene ring substituents is 1. The lowest BCUT2D eigenvalue weighted by atomic mass is 10.3. The van der Waals surface area contributed by atoms with Crippen LogP contribution in [-0.2, 0) is 4.79 Å². The molecule has 0 N–H and O–H groups in total. The maximum Gasteiger partial charge on any atom is 0.269 e. The van der Waals surface area contributed by atoms with Gasteiger partial charge in [0.2, 0.25) is 0 Å². The first-order valence-electron chi connectivity index (χ1n) is 3.85. The van der Waals surface area contributed by atoms with Gasteiger partial charge in [0.1, 0.15) is 6.29 Å². The van der Waals surface area contributed by atoms with Gasteiger partial charge in [-0.15, -0.1) is 0 Å². The Morgan fingerprint density at radius 2 is 1.85 bits per heavy atom. The van der Waals surface area contributed by atoms with E-state index in [0.29, 0.717) is 6.42 Å². The van der Waals surface area contributed by atoms with Crippen molar-refractivity contribution in [2.75, 3.05) is 0 Å². The van der Waals surface area contributed by atoms with Crippen LogP contribution in [0.1, 0.15) is 13.3 Å². The van der Waals surface area contributed by atoms with E-state index in [1.54, 1.807) is 18.2 Å². The normalized spacial score (nSPS) is 8.08. The molecule has 0 aliphatic heterocycles. The average molecular weight is 181 g/mol. The van der Waals surface area contributed by atoms with Gasteiger partial charge in [0, 0.05) is 18.6 Å². The lowest BCUT2D eigenvalue weighted by Gasteiger charge is -1.85. The number of para-hydroxylation sites is 1. The molecule has 4 nitrogen and oxygen atoms in total. The highest BCUT2D eigenvalue weighted by atomic mass is 16.6. The Morgan fingerprint density at radius 1 is 1.38 bits per heavy atom. The molecular formula is C9H11NO3. The molecule has 0 aliphatic rings. The molecule has 0 aromatic heterocycles. The van der Waals surface area contributed by atoms with Crippen molar-refractivity contribution in [2.45, 2.75) is 13.3 Å². The molecule has 0 atom stereocenters.